The molecule has 1 aromatic heterocycles. The zero-order chi connectivity index (χ0) is 15.4. The Hall–Kier alpha value is -2.60. The normalized spacial score (nSPS) is 14.6. The van der Waals surface area contributed by atoms with Gasteiger partial charge in [0.15, 0.2) is 12.0 Å². The average molecular weight is 300 g/mol. The van der Waals surface area contributed by atoms with Crippen molar-refractivity contribution in [2.45, 2.75) is 0 Å². The summed E-state index contributed by atoms with van der Waals surface area (Å²) in [6.45, 7) is 2.31. The van der Waals surface area contributed by atoms with Gasteiger partial charge in [-0.3, -0.25) is 4.79 Å². The number of aldehydes is 1. The van der Waals surface area contributed by atoms with Crippen molar-refractivity contribution < 1.29 is 18.7 Å². The van der Waals surface area contributed by atoms with Crippen LogP contribution in [0.15, 0.2) is 40.8 Å². The zero-order valence-electron chi connectivity index (χ0n) is 12.0. The number of furan rings is 1. The number of rotatable bonds is 3. The van der Waals surface area contributed by atoms with Gasteiger partial charge in [0.1, 0.15) is 5.76 Å². The second kappa shape index (κ2) is 6.44. The number of ether oxygens (including phenoxy) is 1. The molecule has 0 radical (unpaired) electrons. The van der Waals surface area contributed by atoms with Crippen LogP contribution in [0.1, 0.15) is 10.6 Å². The molecule has 0 spiro atoms. The van der Waals surface area contributed by atoms with E-state index in [0.717, 1.165) is 5.56 Å². The number of benzene rings is 1. The maximum Gasteiger partial charge on any atom is 0.321 e. The smallest absolute Gasteiger partial charge is 0.321 e. The van der Waals surface area contributed by atoms with Gasteiger partial charge in [-0.2, -0.15) is 0 Å². The largest absolute Gasteiger partial charge is 0.453 e. The molecule has 1 aromatic carbocycles. The molecule has 1 saturated heterocycles. The van der Waals surface area contributed by atoms with Crippen LogP contribution in [0.5, 0.6) is 0 Å². The summed E-state index contributed by atoms with van der Waals surface area (Å²) in [5.74, 6) is 0.863. The summed E-state index contributed by atoms with van der Waals surface area (Å²) in [5, 5.41) is 2.86. The van der Waals surface area contributed by atoms with Gasteiger partial charge in [-0.25, -0.2) is 4.79 Å². The van der Waals surface area contributed by atoms with Crippen LogP contribution in [-0.2, 0) is 4.74 Å². The molecular weight excluding hydrogens is 284 g/mol. The number of nitrogens with one attached hydrogen (secondary N) is 1. The molecule has 3 rings (SSSR count). The molecule has 1 aliphatic rings. The van der Waals surface area contributed by atoms with Gasteiger partial charge in [-0.1, -0.05) is 12.1 Å². The SMILES string of the molecule is O=Cc1ccc(-c2cccc(NC(=O)N3CCOCC3)c2)o1. The van der Waals surface area contributed by atoms with Gasteiger partial charge in [0.25, 0.3) is 0 Å². The summed E-state index contributed by atoms with van der Waals surface area (Å²) in [6, 6.07) is 10.5. The van der Waals surface area contributed by atoms with E-state index in [1.807, 2.05) is 24.3 Å². The Kier molecular flexibility index (Phi) is 4.20. The lowest BCUT2D eigenvalue weighted by atomic mass is 10.1. The van der Waals surface area contributed by atoms with Gasteiger partial charge in [-0.05, 0) is 24.3 Å². The summed E-state index contributed by atoms with van der Waals surface area (Å²) in [6.07, 6.45) is 0.660. The second-order valence-corrected chi connectivity index (χ2v) is 4.93. The predicted octanol–water partition coefficient (Wildman–Crippen LogP) is 2.62. The Bertz CT molecular complexity index is 674. The van der Waals surface area contributed by atoms with Crippen molar-refractivity contribution in [2.24, 2.45) is 0 Å². The minimum absolute atomic E-state index is 0.145. The molecule has 6 nitrogen and oxygen atoms in total. The Balaban J connectivity index is 1.73. The lowest BCUT2D eigenvalue weighted by molar-refractivity contribution is 0.0564. The molecule has 1 N–H and O–H groups in total. The maximum absolute atomic E-state index is 12.2. The first-order valence-electron chi connectivity index (χ1n) is 7.05. The Labute approximate surface area is 127 Å². The molecule has 22 heavy (non-hydrogen) atoms. The molecule has 2 heterocycles. The molecule has 0 saturated carbocycles. The van der Waals surface area contributed by atoms with E-state index in [9.17, 15) is 9.59 Å². The third-order valence-corrected chi connectivity index (χ3v) is 3.44. The molecule has 1 fully saturated rings. The summed E-state index contributed by atoms with van der Waals surface area (Å²) in [5.41, 5.74) is 1.48. The molecule has 114 valence electrons. The van der Waals surface area contributed by atoms with Gasteiger partial charge in [0.05, 0.1) is 13.2 Å². The Morgan fingerprint density at radius 1 is 1.18 bits per heavy atom. The number of amides is 2. The van der Waals surface area contributed by atoms with Gasteiger partial charge >= 0.3 is 6.03 Å². The second-order valence-electron chi connectivity index (χ2n) is 4.93. The third-order valence-electron chi connectivity index (χ3n) is 3.44. The van der Waals surface area contributed by atoms with Crippen LogP contribution in [0, 0.1) is 0 Å². The van der Waals surface area contributed by atoms with E-state index in [4.69, 9.17) is 9.15 Å². The zero-order valence-corrected chi connectivity index (χ0v) is 12.0. The van der Waals surface area contributed by atoms with Gasteiger partial charge in [0.2, 0.25) is 0 Å². The minimum atomic E-state index is -0.145. The first-order valence-corrected chi connectivity index (χ1v) is 7.05. The summed E-state index contributed by atoms with van der Waals surface area (Å²) >= 11 is 0. The summed E-state index contributed by atoms with van der Waals surface area (Å²) < 4.78 is 10.6. The molecule has 0 aliphatic carbocycles. The fourth-order valence-corrected chi connectivity index (χ4v) is 2.29. The minimum Gasteiger partial charge on any atom is -0.453 e. The Morgan fingerprint density at radius 2 is 2.00 bits per heavy atom. The standard InChI is InChI=1S/C16H16N2O4/c19-11-14-4-5-15(22-14)12-2-1-3-13(10-12)17-16(20)18-6-8-21-9-7-18/h1-5,10-11H,6-9H2,(H,17,20). The van der Waals surface area contributed by atoms with Crippen molar-refractivity contribution in [3.05, 3.63) is 42.2 Å². The number of carbonyl (C=O) groups excluding carboxylic acids is 2. The first kappa shape index (κ1) is 14.3. The molecule has 0 atom stereocenters. The number of anilines is 1. The highest BCUT2D eigenvalue weighted by molar-refractivity contribution is 5.90. The number of carbonyl (C=O) groups is 2. The van der Waals surface area contributed by atoms with Crippen LogP contribution < -0.4 is 5.32 Å². The van der Waals surface area contributed by atoms with Crippen molar-refractivity contribution in [3.8, 4) is 11.3 Å². The number of hydrogen-bond acceptors (Lipinski definition) is 4. The molecular formula is C16H16N2O4. The predicted molar refractivity (Wildman–Crippen MR) is 80.9 cm³/mol. The molecule has 0 bridgehead atoms. The fraction of sp³-hybridized carbons (Fsp3) is 0.250. The monoisotopic (exact) mass is 300 g/mol. The van der Waals surface area contributed by atoms with Crippen molar-refractivity contribution in [3.63, 3.8) is 0 Å². The number of hydrogen-bond donors (Lipinski definition) is 1. The molecule has 2 aromatic rings. The first-order chi connectivity index (χ1) is 10.8. The van der Waals surface area contributed by atoms with Crippen molar-refractivity contribution >= 4 is 18.0 Å². The van der Waals surface area contributed by atoms with E-state index < -0.39 is 0 Å². The van der Waals surface area contributed by atoms with E-state index >= 15 is 0 Å². The van der Waals surface area contributed by atoms with Crippen molar-refractivity contribution in [1.29, 1.82) is 0 Å². The van der Waals surface area contributed by atoms with Crippen LogP contribution in [0.25, 0.3) is 11.3 Å². The molecule has 1 aliphatic heterocycles. The fourth-order valence-electron chi connectivity index (χ4n) is 2.29. The maximum atomic E-state index is 12.2. The number of nitrogens with zero attached hydrogens (tertiary/aromatic N) is 1. The van der Waals surface area contributed by atoms with E-state index in [0.29, 0.717) is 44.0 Å². The quantitative estimate of drug-likeness (QED) is 0.884. The molecule has 0 unspecified atom stereocenters. The number of morpholine rings is 1. The summed E-state index contributed by atoms with van der Waals surface area (Å²) in [7, 11) is 0. The van der Waals surface area contributed by atoms with Gasteiger partial charge in [-0.15, -0.1) is 0 Å². The highest BCUT2D eigenvalue weighted by Gasteiger charge is 2.16. The van der Waals surface area contributed by atoms with E-state index in [2.05, 4.69) is 5.32 Å². The molecule has 6 heteroatoms. The van der Waals surface area contributed by atoms with Crippen LogP contribution in [-0.4, -0.2) is 43.5 Å². The lowest BCUT2D eigenvalue weighted by Crippen LogP contribution is -2.43. The van der Waals surface area contributed by atoms with Crippen LogP contribution in [0.4, 0.5) is 10.5 Å². The van der Waals surface area contributed by atoms with Crippen molar-refractivity contribution in [1.82, 2.24) is 4.90 Å². The van der Waals surface area contributed by atoms with Crippen LogP contribution in [0.3, 0.4) is 0 Å². The van der Waals surface area contributed by atoms with Crippen LogP contribution in [0.2, 0.25) is 0 Å². The van der Waals surface area contributed by atoms with Gasteiger partial charge < -0.3 is 19.4 Å². The number of urea groups is 1. The molecule has 2 amide bonds. The van der Waals surface area contributed by atoms with E-state index in [1.165, 1.54) is 0 Å². The highest BCUT2D eigenvalue weighted by Crippen LogP contribution is 2.24. The average Bonchev–Trinajstić information content (AvgIpc) is 3.05. The topological polar surface area (TPSA) is 71.8 Å². The lowest BCUT2D eigenvalue weighted by Gasteiger charge is -2.26. The Morgan fingerprint density at radius 3 is 2.73 bits per heavy atom. The van der Waals surface area contributed by atoms with Crippen LogP contribution >= 0.6 is 0 Å². The van der Waals surface area contributed by atoms with Crippen molar-refractivity contribution in [2.75, 3.05) is 31.6 Å². The van der Waals surface area contributed by atoms with E-state index in [1.54, 1.807) is 17.0 Å². The van der Waals surface area contributed by atoms with Gasteiger partial charge in [0, 0.05) is 24.3 Å². The van der Waals surface area contributed by atoms with E-state index in [-0.39, 0.29) is 11.8 Å². The third kappa shape index (κ3) is 3.17. The summed E-state index contributed by atoms with van der Waals surface area (Å²) in [4.78, 5) is 24.5. The highest BCUT2D eigenvalue weighted by atomic mass is 16.5.